The molecular formula is C10H14NO. The molecule has 0 saturated carbocycles. The van der Waals surface area contributed by atoms with Crippen LogP contribution in [0, 0.1) is 6.92 Å². The minimum absolute atomic E-state index is 0.730. The van der Waals surface area contributed by atoms with Gasteiger partial charge in [0.2, 0.25) is 0 Å². The zero-order valence-corrected chi connectivity index (χ0v) is 7.12. The zero-order chi connectivity index (χ0) is 8.81. The van der Waals surface area contributed by atoms with E-state index in [1.807, 2.05) is 24.3 Å². The van der Waals surface area contributed by atoms with Crippen molar-refractivity contribution in [1.82, 2.24) is 0 Å². The average molecular weight is 164 g/mol. The first kappa shape index (κ1) is 8.91. The van der Waals surface area contributed by atoms with Crippen molar-refractivity contribution in [3.05, 3.63) is 31.2 Å². The van der Waals surface area contributed by atoms with E-state index in [4.69, 9.17) is 10.5 Å². The van der Waals surface area contributed by atoms with Gasteiger partial charge in [-0.25, -0.2) is 0 Å². The minimum atomic E-state index is 0.730. The van der Waals surface area contributed by atoms with Crippen LogP contribution in [0.5, 0.6) is 5.75 Å². The van der Waals surface area contributed by atoms with E-state index >= 15 is 0 Å². The topological polar surface area (TPSA) is 35.2 Å². The van der Waals surface area contributed by atoms with Crippen molar-refractivity contribution >= 4 is 5.69 Å². The number of hydrogen-bond donors (Lipinski definition) is 1. The van der Waals surface area contributed by atoms with Crippen LogP contribution in [-0.2, 0) is 0 Å². The molecule has 0 aromatic heterocycles. The van der Waals surface area contributed by atoms with E-state index in [0.29, 0.717) is 0 Å². The third kappa shape index (κ3) is 2.82. The number of rotatable bonds is 4. The molecule has 1 radical (unpaired) electrons. The van der Waals surface area contributed by atoms with Crippen LogP contribution in [0.4, 0.5) is 5.69 Å². The molecule has 0 saturated heterocycles. The second-order valence-electron chi connectivity index (χ2n) is 2.62. The number of unbranched alkanes of at least 4 members (excludes halogenated alkanes) is 1. The second-order valence-corrected chi connectivity index (χ2v) is 2.62. The Morgan fingerprint density at radius 1 is 1.25 bits per heavy atom. The fourth-order valence-electron chi connectivity index (χ4n) is 0.856. The van der Waals surface area contributed by atoms with E-state index in [0.717, 1.165) is 30.9 Å². The molecule has 0 unspecified atom stereocenters. The van der Waals surface area contributed by atoms with Crippen molar-refractivity contribution < 1.29 is 4.74 Å². The average Bonchev–Trinajstić information content (AvgIpc) is 2.09. The van der Waals surface area contributed by atoms with Crippen molar-refractivity contribution in [2.24, 2.45) is 0 Å². The van der Waals surface area contributed by atoms with Crippen molar-refractivity contribution in [2.45, 2.75) is 12.8 Å². The van der Waals surface area contributed by atoms with Crippen LogP contribution in [0.25, 0.3) is 0 Å². The maximum atomic E-state index is 5.52. The predicted molar refractivity (Wildman–Crippen MR) is 50.9 cm³/mol. The van der Waals surface area contributed by atoms with Gasteiger partial charge < -0.3 is 10.5 Å². The second kappa shape index (κ2) is 4.65. The summed E-state index contributed by atoms with van der Waals surface area (Å²) >= 11 is 0. The molecule has 0 aliphatic heterocycles. The molecule has 1 aromatic rings. The van der Waals surface area contributed by atoms with Gasteiger partial charge in [0.15, 0.2) is 0 Å². The molecule has 2 N–H and O–H groups in total. The summed E-state index contributed by atoms with van der Waals surface area (Å²) in [5.41, 5.74) is 6.28. The lowest BCUT2D eigenvalue weighted by atomic mass is 10.3. The van der Waals surface area contributed by atoms with Crippen LogP contribution < -0.4 is 10.5 Å². The predicted octanol–water partition coefficient (Wildman–Crippen LogP) is 2.26. The standard InChI is InChI=1S/C10H14NO/c1-2-3-8-12-10-6-4-9(11)5-7-10/h4-7H,1-3,8,11H2. The van der Waals surface area contributed by atoms with Crippen LogP contribution in [-0.4, -0.2) is 6.61 Å². The van der Waals surface area contributed by atoms with Gasteiger partial charge in [-0.1, -0.05) is 13.3 Å². The Morgan fingerprint density at radius 3 is 2.50 bits per heavy atom. The summed E-state index contributed by atoms with van der Waals surface area (Å²) in [6.45, 7) is 4.46. The van der Waals surface area contributed by atoms with E-state index in [1.165, 1.54) is 0 Å². The molecule has 65 valence electrons. The SMILES string of the molecule is [CH2]CCCOc1ccc(N)cc1. The van der Waals surface area contributed by atoms with Crippen LogP contribution in [0.2, 0.25) is 0 Å². The van der Waals surface area contributed by atoms with E-state index in [-0.39, 0.29) is 0 Å². The Kier molecular flexibility index (Phi) is 3.45. The van der Waals surface area contributed by atoms with Gasteiger partial charge in [0.25, 0.3) is 0 Å². The number of nitrogens with two attached hydrogens (primary N) is 1. The molecule has 2 nitrogen and oxygen atoms in total. The van der Waals surface area contributed by atoms with E-state index in [2.05, 4.69) is 6.92 Å². The molecular weight excluding hydrogens is 150 g/mol. The number of nitrogen functional groups attached to an aromatic ring is 1. The van der Waals surface area contributed by atoms with Gasteiger partial charge in [0.1, 0.15) is 5.75 Å². The minimum Gasteiger partial charge on any atom is -0.494 e. The van der Waals surface area contributed by atoms with Crippen molar-refractivity contribution in [1.29, 1.82) is 0 Å². The summed E-state index contributed by atoms with van der Waals surface area (Å²) in [7, 11) is 0. The highest BCUT2D eigenvalue weighted by molar-refractivity contribution is 5.41. The van der Waals surface area contributed by atoms with Gasteiger partial charge in [-0.2, -0.15) is 0 Å². The van der Waals surface area contributed by atoms with Crippen molar-refractivity contribution in [3.8, 4) is 5.75 Å². The van der Waals surface area contributed by atoms with Crippen LogP contribution in [0.1, 0.15) is 12.8 Å². The van der Waals surface area contributed by atoms with Gasteiger partial charge >= 0.3 is 0 Å². The smallest absolute Gasteiger partial charge is 0.119 e. The third-order valence-electron chi connectivity index (χ3n) is 1.54. The maximum Gasteiger partial charge on any atom is 0.119 e. The van der Waals surface area contributed by atoms with Crippen LogP contribution in [0.3, 0.4) is 0 Å². The normalized spacial score (nSPS) is 9.75. The summed E-state index contributed by atoms with van der Waals surface area (Å²) in [6.07, 6.45) is 1.90. The largest absolute Gasteiger partial charge is 0.494 e. The number of ether oxygens (including phenoxy) is 1. The number of hydrogen-bond acceptors (Lipinski definition) is 2. The van der Waals surface area contributed by atoms with E-state index in [9.17, 15) is 0 Å². The molecule has 0 bridgehead atoms. The Hall–Kier alpha value is -1.18. The van der Waals surface area contributed by atoms with Gasteiger partial charge in [-0.3, -0.25) is 0 Å². The van der Waals surface area contributed by atoms with E-state index in [1.54, 1.807) is 0 Å². The lowest BCUT2D eigenvalue weighted by Crippen LogP contribution is -1.96. The molecule has 0 spiro atoms. The third-order valence-corrected chi connectivity index (χ3v) is 1.54. The fraction of sp³-hybridized carbons (Fsp3) is 0.300. The Balaban J connectivity index is 2.37. The van der Waals surface area contributed by atoms with Gasteiger partial charge in [0.05, 0.1) is 6.61 Å². The van der Waals surface area contributed by atoms with Gasteiger partial charge in [-0.15, -0.1) is 0 Å². The molecule has 0 heterocycles. The first-order valence-corrected chi connectivity index (χ1v) is 4.10. The molecule has 1 rings (SSSR count). The van der Waals surface area contributed by atoms with Crippen LogP contribution in [0.15, 0.2) is 24.3 Å². The van der Waals surface area contributed by atoms with Crippen molar-refractivity contribution in [2.75, 3.05) is 12.3 Å². The number of anilines is 1. The lowest BCUT2D eigenvalue weighted by Gasteiger charge is -2.04. The summed E-state index contributed by atoms with van der Waals surface area (Å²) in [5, 5.41) is 0. The molecule has 1 aromatic carbocycles. The lowest BCUT2D eigenvalue weighted by molar-refractivity contribution is 0.312. The summed E-state index contributed by atoms with van der Waals surface area (Å²) in [5.74, 6) is 0.873. The van der Waals surface area contributed by atoms with Gasteiger partial charge in [-0.05, 0) is 30.7 Å². The maximum absolute atomic E-state index is 5.52. The summed E-state index contributed by atoms with van der Waals surface area (Å²) in [6, 6.07) is 7.41. The highest BCUT2D eigenvalue weighted by Gasteiger charge is 1.91. The monoisotopic (exact) mass is 164 g/mol. The molecule has 0 amide bonds. The fourth-order valence-corrected chi connectivity index (χ4v) is 0.856. The summed E-state index contributed by atoms with van der Waals surface area (Å²) < 4.78 is 5.41. The quantitative estimate of drug-likeness (QED) is 0.547. The van der Waals surface area contributed by atoms with E-state index < -0.39 is 0 Å². The zero-order valence-electron chi connectivity index (χ0n) is 7.12. The molecule has 0 fully saturated rings. The van der Waals surface area contributed by atoms with Gasteiger partial charge in [0, 0.05) is 5.69 Å². The first-order chi connectivity index (χ1) is 5.83. The molecule has 0 atom stereocenters. The Bertz CT molecular complexity index is 218. The molecule has 0 aliphatic rings. The summed E-state index contributed by atoms with van der Waals surface area (Å²) in [4.78, 5) is 0. The highest BCUT2D eigenvalue weighted by atomic mass is 16.5. The first-order valence-electron chi connectivity index (χ1n) is 4.10. The molecule has 0 aliphatic carbocycles. The number of benzene rings is 1. The highest BCUT2D eigenvalue weighted by Crippen LogP contribution is 2.13. The Labute approximate surface area is 73.3 Å². The van der Waals surface area contributed by atoms with Crippen LogP contribution >= 0.6 is 0 Å². The molecule has 2 heteroatoms. The van der Waals surface area contributed by atoms with Crippen molar-refractivity contribution in [3.63, 3.8) is 0 Å². The molecule has 12 heavy (non-hydrogen) atoms. The Morgan fingerprint density at radius 2 is 1.92 bits per heavy atom.